The molecule has 72 valence electrons. The lowest BCUT2D eigenvalue weighted by Gasteiger charge is -2.00. The maximum absolute atomic E-state index is 10.9. The third-order valence-corrected chi connectivity index (χ3v) is 1.82. The number of pyridine rings is 1. The number of carbonyl (C=O) groups is 1. The summed E-state index contributed by atoms with van der Waals surface area (Å²) < 4.78 is 4.93. The summed E-state index contributed by atoms with van der Waals surface area (Å²) >= 11 is 4.88. The summed E-state index contributed by atoms with van der Waals surface area (Å²) in [4.78, 5) is 13.6. The lowest BCUT2D eigenvalue weighted by atomic mass is 10.2. The molecule has 0 unspecified atom stereocenters. The van der Waals surface area contributed by atoms with Crippen LogP contribution in [0.25, 0.3) is 0 Å². The lowest BCUT2D eigenvalue weighted by Crippen LogP contribution is -2.05. The number of nitrogens with zero attached hydrogens (tertiary/aromatic N) is 1. The first kappa shape index (κ1) is 10.4. The predicted octanol–water partition coefficient (Wildman–Crippen LogP) is 1.33. The fraction of sp³-hybridized carbons (Fsp3) is 0.222. The van der Waals surface area contributed by atoms with Gasteiger partial charge in [-0.05, 0) is 17.7 Å². The number of aromatic amines is 1. The predicted molar refractivity (Wildman–Crippen MR) is 52.1 cm³/mol. The van der Waals surface area contributed by atoms with Crippen LogP contribution in [0.1, 0.15) is 11.3 Å². The Morgan fingerprint density at radius 2 is 2.43 bits per heavy atom. The number of hydrogen-bond donors (Lipinski definition) is 1. The molecule has 0 aliphatic carbocycles. The Balaban J connectivity index is 2.99. The van der Waals surface area contributed by atoms with E-state index in [0.29, 0.717) is 15.9 Å². The van der Waals surface area contributed by atoms with E-state index in [9.17, 15) is 4.79 Å². The van der Waals surface area contributed by atoms with Crippen molar-refractivity contribution in [1.29, 1.82) is 5.26 Å². The fourth-order valence-electron chi connectivity index (χ4n) is 1.00. The number of hydrogen-bond acceptors (Lipinski definition) is 4. The summed E-state index contributed by atoms with van der Waals surface area (Å²) in [6.45, 7) is 0. The van der Waals surface area contributed by atoms with Crippen molar-refractivity contribution in [1.82, 2.24) is 4.98 Å². The van der Waals surface area contributed by atoms with Gasteiger partial charge in [0.2, 0.25) is 0 Å². The van der Waals surface area contributed by atoms with Gasteiger partial charge in [0.1, 0.15) is 16.4 Å². The molecule has 0 atom stereocenters. The fourth-order valence-corrected chi connectivity index (χ4v) is 1.26. The number of aromatic nitrogens is 1. The van der Waals surface area contributed by atoms with Gasteiger partial charge in [-0.1, -0.05) is 12.2 Å². The molecular formula is C9H8N2O2S. The van der Waals surface area contributed by atoms with Crippen LogP contribution in [-0.4, -0.2) is 18.1 Å². The highest BCUT2D eigenvalue weighted by molar-refractivity contribution is 7.71. The molecule has 0 bridgehead atoms. The van der Waals surface area contributed by atoms with Crippen molar-refractivity contribution in [3.63, 3.8) is 0 Å². The average Bonchev–Trinajstić information content (AvgIpc) is 2.16. The summed E-state index contributed by atoms with van der Waals surface area (Å²) in [6.07, 6.45) is 0.128. The molecule has 14 heavy (non-hydrogen) atoms. The second-order valence-corrected chi connectivity index (χ2v) is 3.07. The minimum atomic E-state index is -0.352. The Morgan fingerprint density at radius 3 is 3.00 bits per heavy atom. The highest BCUT2D eigenvalue weighted by atomic mass is 32.1. The number of carbonyl (C=O) groups excluding carboxylic acids is 1. The number of nitrogens with one attached hydrogen (secondary N) is 1. The molecule has 0 aliphatic rings. The molecule has 1 rings (SSSR count). The molecule has 0 amide bonds. The SMILES string of the molecule is COC(=O)Cc1cc(C#N)[nH]c(=S)c1. The van der Waals surface area contributed by atoms with Crippen LogP contribution in [0.15, 0.2) is 12.1 Å². The smallest absolute Gasteiger partial charge is 0.309 e. The quantitative estimate of drug-likeness (QED) is 0.588. The second kappa shape index (κ2) is 4.53. The summed E-state index contributed by atoms with van der Waals surface area (Å²) in [6, 6.07) is 5.13. The van der Waals surface area contributed by atoms with E-state index in [1.165, 1.54) is 7.11 Å². The van der Waals surface area contributed by atoms with Crippen molar-refractivity contribution in [3.05, 3.63) is 28.0 Å². The van der Waals surface area contributed by atoms with Gasteiger partial charge in [-0.2, -0.15) is 5.26 Å². The largest absolute Gasteiger partial charge is 0.469 e. The number of methoxy groups -OCH3 is 1. The molecule has 0 spiro atoms. The molecule has 1 aromatic rings. The van der Waals surface area contributed by atoms with Gasteiger partial charge in [0, 0.05) is 0 Å². The first-order chi connectivity index (χ1) is 6.65. The molecule has 0 aliphatic heterocycles. The van der Waals surface area contributed by atoms with Crippen LogP contribution in [0.2, 0.25) is 0 Å². The van der Waals surface area contributed by atoms with E-state index in [2.05, 4.69) is 9.72 Å². The molecule has 0 radical (unpaired) electrons. The van der Waals surface area contributed by atoms with Crippen LogP contribution < -0.4 is 0 Å². The van der Waals surface area contributed by atoms with Crippen LogP contribution in [-0.2, 0) is 16.0 Å². The highest BCUT2D eigenvalue weighted by Gasteiger charge is 2.03. The van der Waals surface area contributed by atoms with E-state index in [-0.39, 0.29) is 12.4 Å². The van der Waals surface area contributed by atoms with Crippen molar-refractivity contribution in [2.24, 2.45) is 0 Å². The zero-order valence-corrected chi connectivity index (χ0v) is 8.35. The van der Waals surface area contributed by atoms with Gasteiger partial charge >= 0.3 is 5.97 Å². The number of ether oxygens (including phenoxy) is 1. The van der Waals surface area contributed by atoms with E-state index in [1.807, 2.05) is 6.07 Å². The standard InChI is InChI=1S/C9H8N2O2S/c1-13-9(12)4-6-2-7(5-10)11-8(14)3-6/h2-3H,4H2,1H3,(H,11,14). The van der Waals surface area contributed by atoms with Crippen LogP contribution in [0, 0.1) is 16.0 Å². The van der Waals surface area contributed by atoms with Gasteiger partial charge in [-0.25, -0.2) is 0 Å². The number of esters is 1. The Morgan fingerprint density at radius 1 is 1.71 bits per heavy atom. The minimum absolute atomic E-state index is 0.128. The van der Waals surface area contributed by atoms with Gasteiger partial charge in [-0.3, -0.25) is 4.79 Å². The molecule has 1 heterocycles. The molecule has 0 saturated carbocycles. The van der Waals surface area contributed by atoms with Crippen molar-refractivity contribution in [2.75, 3.05) is 7.11 Å². The van der Waals surface area contributed by atoms with Crippen molar-refractivity contribution >= 4 is 18.2 Å². The Hall–Kier alpha value is -1.67. The summed E-state index contributed by atoms with van der Waals surface area (Å²) in [5.41, 5.74) is 1.02. The van der Waals surface area contributed by atoms with Gasteiger partial charge in [0.25, 0.3) is 0 Å². The Kier molecular flexibility index (Phi) is 3.37. The zero-order valence-electron chi connectivity index (χ0n) is 7.53. The highest BCUT2D eigenvalue weighted by Crippen LogP contribution is 2.04. The summed E-state index contributed by atoms with van der Waals surface area (Å²) in [7, 11) is 1.32. The van der Waals surface area contributed by atoms with Crippen LogP contribution in [0.4, 0.5) is 0 Å². The maximum Gasteiger partial charge on any atom is 0.309 e. The van der Waals surface area contributed by atoms with E-state index in [1.54, 1.807) is 12.1 Å². The van der Waals surface area contributed by atoms with Gasteiger partial charge < -0.3 is 9.72 Å². The third kappa shape index (κ3) is 2.68. The van der Waals surface area contributed by atoms with Gasteiger partial charge in [0.15, 0.2) is 0 Å². The number of H-pyrrole nitrogens is 1. The van der Waals surface area contributed by atoms with Gasteiger partial charge in [-0.15, -0.1) is 0 Å². The monoisotopic (exact) mass is 208 g/mol. The molecule has 0 saturated heterocycles. The van der Waals surface area contributed by atoms with E-state index >= 15 is 0 Å². The summed E-state index contributed by atoms with van der Waals surface area (Å²) in [5.74, 6) is -0.352. The Bertz CT molecular complexity index is 445. The Labute approximate surface area is 86.1 Å². The van der Waals surface area contributed by atoms with Crippen molar-refractivity contribution in [3.8, 4) is 6.07 Å². The molecule has 0 aromatic carbocycles. The normalized spacial score (nSPS) is 9.14. The summed E-state index contributed by atoms with van der Waals surface area (Å²) in [5, 5.41) is 8.63. The maximum atomic E-state index is 10.9. The van der Waals surface area contributed by atoms with Gasteiger partial charge in [0.05, 0.1) is 13.5 Å². The molecule has 1 aromatic heterocycles. The van der Waals surface area contributed by atoms with Crippen molar-refractivity contribution in [2.45, 2.75) is 6.42 Å². The first-order valence-corrected chi connectivity index (χ1v) is 4.26. The average molecular weight is 208 g/mol. The lowest BCUT2D eigenvalue weighted by molar-refractivity contribution is -0.139. The van der Waals surface area contributed by atoms with Crippen LogP contribution in [0.3, 0.4) is 0 Å². The number of nitriles is 1. The van der Waals surface area contributed by atoms with E-state index < -0.39 is 0 Å². The van der Waals surface area contributed by atoms with E-state index in [0.717, 1.165) is 0 Å². The van der Waals surface area contributed by atoms with Crippen LogP contribution in [0.5, 0.6) is 0 Å². The molecule has 4 nitrogen and oxygen atoms in total. The minimum Gasteiger partial charge on any atom is -0.469 e. The van der Waals surface area contributed by atoms with E-state index in [4.69, 9.17) is 17.5 Å². The first-order valence-electron chi connectivity index (χ1n) is 3.86. The molecule has 0 fully saturated rings. The van der Waals surface area contributed by atoms with Crippen molar-refractivity contribution < 1.29 is 9.53 Å². The second-order valence-electron chi connectivity index (χ2n) is 2.63. The van der Waals surface area contributed by atoms with Crippen LogP contribution >= 0.6 is 12.2 Å². The number of rotatable bonds is 2. The molecule has 1 N–H and O–H groups in total. The molecular weight excluding hydrogens is 200 g/mol. The zero-order chi connectivity index (χ0) is 10.6. The third-order valence-electron chi connectivity index (χ3n) is 1.60. The molecule has 5 heteroatoms. The topological polar surface area (TPSA) is 65.9 Å².